The largest absolute Gasteiger partial charge is 0.504 e. The third-order valence-corrected chi connectivity index (χ3v) is 6.43. The number of sulfonamides is 1. The fourth-order valence-electron chi connectivity index (χ4n) is 3.08. The maximum absolute atomic E-state index is 13.3. The summed E-state index contributed by atoms with van der Waals surface area (Å²) in [6.45, 7) is 1.33. The predicted octanol–water partition coefficient (Wildman–Crippen LogP) is 3.04. The fourth-order valence-corrected chi connectivity index (χ4v) is 4.53. The van der Waals surface area contributed by atoms with E-state index in [2.05, 4.69) is 10.5 Å². The van der Waals surface area contributed by atoms with Crippen molar-refractivity contribution in [1.82, 2.24) is 5.43 Å². The van der Waals surface area contributed by atoms with Crippen LogP contribution in [0.3, 0.4) is 0 Å². The Morgan fingerprint density at radius 3 is 2.51 bits per heavy atom. The van der Waals surface area contributed by atoms with E-state index in [9.17, 15) is 28.4 Å². The molecule has 0 aliphatic heterocycles. The predicted molar refractivity (Wildman–Crippen MR) is 129 cm³/mol. The monoisotopic (exact) mass is 498 g/mol. The van der Waals surface area contributed by atoms with Crippen LogP contribution in [0.5, 0.6) is 11.5 Å². The number of hydrogen-bond donors (Lipinski definition) is 2. The number of amides is 1. The summed E-state index contributed by atoms with van der Waals surface area (Å²) in [7, 11) is -4.33. The quantitative estimate of drug-likeness (QED) is 0.248. The van der Waals surface area contributed by atoms with Crippen LogP contribution in [0.25, 0.3) is 0 Å². The number of para-hydroxylation sites is 2. The average molecular weight is 499 g/mol. The molecule has 0 aliphatic carbocycles. The van der Waals surface area contributed by atoms with E-state index < -0.39 is 33.1 Å². The van der Waals surface area contributed by atoms with E-state index in [1.54, 1.807) is 13.0 Å². The summed E-state index contributed by atoms with van der Waals surface area (Å²) in [5.41, 5.74) is 1.98. The third kappa shape index (κ3) is 6.12. The molecule has 0 aliphatic rings. The fraction of sp³-hybridized carbons (Fsp3) is 0.130. The highest BCUT2D eigenvalue weighted by Gasteiger charge is 2.31. The Balaban J connectivity index is 1.87. The SMILES string of the molecule is CCOc1cc(C=NNC(=O)CN(c2ccccc2[N+](=O)[O-])S(=O)(=O)c2ccccc2)ccc1O. The van der Waals surface area contributed by atoms with Crippen LogP contribution in [0.15, 0.2) is 82.8 Å². The van der Waals surface area contributed by atoms with Gasteiger partial charge in [-0.2, -0.15) is 5.10 Å². The molecule has 0 radical (unpaired) electrons. The van der Waals surface area contributed by atoms with E-state index in [1.165, 1.54) is 66.9 Å². The maximum atomic E-state index is 13.3. The molecule has 2 N–H and O–H groups in total. The van der Waals surface area contributed by atoms with Gasteiger partial charge in [0, 0.05) is 6.07 Å². The lowest BCUT2D eigenvalue weighted by Gasteiger charge is -2.23. The van der Waals surface area contributed by atoms with Gasteiger partial charge in [-0.3, -0.25) is 14.9 Å². The van der Waals surface area contributed by atoms with Gasteiger partial charge in [0.1, 0.15) is 12.2 Å². The first kappa shape index (κ1) is 25.2. The number of nitrogens with one attached hydrogen (secondary N) is 1. The zero-order valence-corrected chi connectivity index (χ0v) is 19.4. The number of rotatable bonds is 10. The standard InChI is InChI=1S/C23H22N4O7S/c1-2-34-22-14-17(12-13-21(22)28)15-24-25-23(29)16-26(19-10-6-7-11-20(19)27(30)31)35(32,33)18-8-4-3-5-9-18/h3-15,28H,2,16H2,1H3,(H,25,29). The molecule has 0 saturated heterocycles. The summed E-state index contributed by atoms with van der Waals surface area (Å²) >= 11 is 0. The van der Waals surface area contributed by atoms with Gasteiger partial charge in [0.15, 0.2) is 11.5 Å². The van der Waals surface area contributed by atoms with Crippen LogP contribution < -0.4 is 14.5 Å². The Hall–Kier alpha value is -4.45. The van der Waals surface area contributed by atoms with Crippen molar-refractivity contribution < 1.29 is 28.0 Å². The van der Waals surface area contributed by atoms with Crippen LogP contribution >= 0.6 is 0 Å². The van der Waals surface area contributed by atoms with Gasteiger partial charge in [-0.1, -0.05) is 30.3 Å². The van der Waals surface area contributed by atoms with Crippen molar-refractivity contribution >= 4 is 33.5 Å². The molecule has 3 rings (SSSR count). The third-order valence-electron chi connectivity index (χ3n) is 4.65. The van der Waals surface area contributed by atoms with Crippen LogP contribution in [-0.4, -0.2) is 43.7 Å². The number of nitrogens with zero attached hydrogens (tertiary/aromatic N) is 3. The number of aromatic hydroxyl groups is 1. The Kier molecular flexibility index (Phi) is 8.00. The minimum absolute atomic E-state index is 0.0562. The number of hydrogen-bond acceptors (Lipinski definition) is 8. The minimum Gasteiger partial charge on any atom is -0.504 e. The van der Waals surface area contributed by atoms with Gasteiger partial charge in [-0.15, -0.1) is 0 Å². The smallest absolute Gasteiger partial charge is 0.293 e. The topological polar surface area (TPSA) is 151 Å². The van der Waals surface area contributed by atoms with Crippen LogP contribution in [-0.2, 0) is 14.8 Å². The summed E-state index contributed by atoms with van der Waals surface area (Å²) in [5.74, 6) is -0.652. The molecule has 3 aromatic carbocycles. The summed E-state index contributed by atoms with van der Waals surface area (Å²) in [6, 6.07) is 17.0. The van der Waals surface area contributed by atoms with E-state index in [0.29, 0.717) is 16.5 Å². The number of carbonyl (C=O) groups excluding carboxylic acids is 1. The molecule has 11 nitrogen and oxygen atoms in total. The molecule has 0 saturated carbocycles. The zero-order valence-electron chi connectivity index (χ0n) is 18.6. The van der Waals surface area contributed by atoms with Crippen molar-refractivity contribution in [2.45, 2.75) is 11.8 Å². The van der Waals surface area contributed by atoms with Gasteiger partial charge in [-0.25, -0.2) is 18.1 Å². The number of nitro groups is 1. The molecule has 12 heteroatoms. The Morgan fingerprint density at radius 1 is 1.14 bits per heavy atom. The summed E-state index contributed by atoms with van der Waals surface area (Å²) in [6.07, 6.45) is 1.28. The summed E-state index contributed by atoms with van der Waals surface area (Å²) in [5, 5.41) is 25.1. The number of nitro benzene ring substituents is 1. The van der Waals surface area contributed by atoms with Gasteiger partial charge in [-0.05, 0) is 48.9 Å². The molecule has 0 unspecified atom stereocenters. The van der Waals surface area contributed by atoms with E-state index in [1.807, 2.05) is 0 Å². The molecule has 0 aromatic heterocycles. The van der Waals surface area contributed by atoms with Crippen LogP contribution in [0.1, 0.15) is 12.5 Å². The second kappa shape index (κ2) is 11.1. The van der Waals surface area contributed by atoms with Crippen LogP contribution in [0.4, 0.5) is 11.4 Å². The van der Waals surface area contributed by atoms with Gasteiger partial charge in [0.2, 0.25) is 0 Å². The second-order valence-corrected chi connectivity index (χ2v) is 8.89. The number of ether oxygens (including phenoxy) is 1. The molecular formula is C23H22N4O7S. The van der Waals surface area contributed by atoms with Crippen LogP contribution in [0, 0.1) is 10.1 Å². The number of anilines is 1. The van der Waals surface area contributed by atoms with E-state index >= 15 is 0 Å². The lowest BCUT2D eigenvalue weighted by molar-refractivity contribution is -0.384. The first-order valence-corrected chi connectivity index (χ1v) is 11.8. The Morgan fingerprint density at radius 2 is 1.83 bits per heavy atom. The van der Waals surface area contributed by atoms with E-state index in [-0.39, 0.29) is 22.1 Å². The first-order chi connectivity index (χ1) is 16.7. The molecule has 0 bridgehead atoms. The highest BCUT2D eigenvalue weighted by Crippen LogP contribution is 2.32. The molecule has 1 amide bonds. The highest BCUT2D eigenvalue weighted by molar-refractivity contribution is 7.92. The number of phenols is 1. The van der Waals surface area contributed by atoms with E-state index in [4.69, 9.17) is 4.74 Å². The highest BCUT2D eigenvalue weighted by atomic mass is 32.2. The number of benzene rings is 3. The number of hydrazone groups is 1. The number of phenolic OH excluding ortho intramolecular Hbond substituents is 1. The van der Waals surface area contributed by atoms with Crippen molar-refractivity contribution in [3.63, 3.8) is 0 Å². The lowest BCUT2D eigenvalue weighted by atomic mass is 10.2. The molecule has 0 spiro atoms. The van der Waals surface area contributed by atoms with Gasteiger partial charge in [0.25, 0.3) is 21.6 Å². The Labute approximate surface area is 201 Å². The molecular weight excluding hydrogens is 476 g/mol. The van der Waals surface area contributed by atoms with Gasteiger partial charge < -0.3 is 9.84 Å². The van der Waals surface area contributed by atoms with Gasteiger partial charge in [0.05, 0.1) is 22.6 Å². The summed E-state index contributed by atoms with van der Waals surface area (Å²) in [4.78, 5) is 23.3. The lowest BCUT2D eigenvalue weighted by Crippen LogP contribution is -2.39. The van der Waals surface area contributed by atoms with Crippen molar-refractivity contribution in [2.24, 2.45) is 5.10 Å². The minimum atomic E-state index is -4.33. The summed E-state index contributed by atoms with van der Waals surface area (Å²) < 4.78 is 32.6. The average Bonchev–Trinajstić information content (AvgIpc) is 2.85. The van der Waals surface area contributed by atoms with Crippen molar-refractivity contribution in [2.75, 3.05) is 17.5 Å². The van der Waals surface area contributed by atoms with E-state index in [0.717, 1.165) is 6.07 Å². The zero-order chi connectivity index (χ0) is 25.4. The molecule has 0 atom stereocenters. The first-order valence-electron chi connectivity index (χ1n) is 10.3. The normalized spacial score (nSPS) is 11.2. The van der Waals surface area contributed by atoms with Crippen molar-refractivity contribution in [1.29, 1.82) is 0 Å². The molecule has 0 fully saturated rings. The number of carbonyl (C=O) groups is 1. The van der Waals surface area contributed by atoms with Crippen LogP contribution in [0.2, 0.25) is 0 Å². The Bertz CT molecular complexity index is 1340. The van der Waals surface area contributed by atoms with Gasteiger partial charge >= 0.3 is 0 Å². The molecule has 35 heavy (non-hydrogen) atoms. The second-order valence-electron chi connectivity index (χ2n) is 7.02. The molecule has 0 heterocycles. The van der Waals surface area contributed by atoms with Crippen molar-refractivity contribution in [3.8, 4) is 11.5 Å². The van der Waals surface area contributed by atoms with Crippen molar-refractivity contribution in [3.05, 3.63) is 88.5 Å². The molecule has 182 valence electrons. The molecule has 3 aromatic rings. The maximum Gasteiger partial charge on any atom is 0.293 e.